The number of hydrogen-bond acceptors (Lipinski definition) is 4. The summed E-state index contributed by atoms with van der Waals surface area (Å²) in [5, 5.41) is 3.47. The molecule has 5 nitrogen and oxygen atoms in total. The first-order valence-corrected chi connectivity index (χ1v) is 6.61. The fraction of sp³-hybridized carbons (Fsp3) is 0.769. The molecular formula is C13H24N4O. The van der Waals surface area contributed by atoms with Gasteiger partial charge in [-0.15, -0.1) is 0 Å². The maximum Gasteiger partial charge on any atom is 0.0946 e. The Bertz CT molecular complexity index is 377. The van der Waals surface area contributed by atoms with Crippen LogP contribution in [0, 0.1) is 0 Å². The quantitative estimate of drug-likeness (QED) is 0.860. The van der Waals surface area contributed by atoms with Crippen LogP contribution in [-0.2, 0) is 11.8 Å². The lowest BCUT2D eigenvalue weighted by Gasteiger charge is -2.39. The summed E-state index contributed by atoms with van der Waals surface area (Å²) in [4.78, 5) is 6.58. The van der Waals surface area contributed by atoms with Crippen LogP contribution in [0.1, 0.15) is 25.6 Å². The molecule has 1 N–H and O–H groups in total. The summed E-state index contributed by atoms with van der Waals surface area (Å²) in [5.74, 6) is 0. The summed E-state index contributed by atoms with van der Waals surface area (Å²) in [6, 6.07) is 0.755. The van der Waals surface area contributed by atoms with Crippen LogP contribution in [0.2, 0.25) is 0 Å². The second kappa shape index (κ2) is 5.82. The van der Waals surface area contributed by atoms with E-state index in [9.17, 15) is 0 Å². The molecule has 18 heavy (non-hydrogen) atoms. The van der Waals surface area contributed by atoms with E-state index in [2.05, 4.69) is 40.7 Å². The topological polar surface area (TPSA) is 42.3 Å². The van der Waals surface area contributed by atoms with Crippen molar-refractivity contribution < 1.29 is 4.74 Å². The maximum absolute atomic E-state index is 5.94. The maximum atomic E-state index is 5.94. The molecule has 0 aromatic carbocycles. The first kappa shape index (κ1) is 13.5. The van der Waals surface area contributed by atoms with Crippen LogP contribution in [0.4, 0.5) is 0 Å². The van der Waals surface area contributed by atoms with Gasteiger partial charge >= 0.3 is 0 Å². The van der Waals surface area contributed by atoms with Crippen LogP contribution in [0.3, 0.4) is 0 Å². The summed E-state index contributed by atoms with van der Waals surface area (Å²) in [6.07, 6.45) is 3.98. The minimum atomic E-state index is 0.182. The van der Waals surface area contributed by atoms with E-state index in [-0.39, 0.29) is 12.1 Å². The van der Waals surface area contributed by atoms with Gasteiger partial charge in [-0.2, -0.15) is 0 Å². The largest absolute Gasteiger partial charge is 0.374 e. The number of ether oxygens (including phenoxy) is 1. The van der Waals surface area contributed by atoms with Gasteiger partial charge in [-0.05, 0) is 7.05 Å². The van der Waals surface area contributed by atoms with Crippen molar-refractivity contribution in [3.05, 3.63) is 18.2 Å². The Balaban J connectivity index is 2.13. The molecule has 2 atom stereocenters. The molecule has 102 valence electrons. The number of morpholine rings is 1. The SMILES string of the molecule is CC(C)NCC1OCCN(C)C1c1cncn1C. The van der Waals surface area contributed by atoms with Crippen LogP contribution in [0.25, 0.3) is 0 Å². The molecule has 2 rings (SSSR count). The minimum Gasteiger partial charge on any atom is -0.374 e. The van der Waals surface area contributed by atoms with Crippen LogP contribution in [-0.4, -0.2) is 53.3 Å². The van der Waals surface area contributed by atoms with Crippen molar-refractivity contribution in [1.82, 2.24) is 19.8 Å². The molecule has 2 heterocycles. The number of imidazole rings is 1. The number of nitrogens with zero attached hydrogens (tertiary/aromatic N) is 3. The number of hydrogen-bond donors (Lipinski definition) is 1. The summed E-state index contributed by atoms with van der Waals surface area (Å²) < 4.78 is 8.03. The van der Waals surface area contributed by atoms with Gasteiger partial charge in [-0.1, -0.05) is 13.8 Å². The molecule has 0 aliphatic carbocycles. The van der Waals surface area contributed by atoms with Gasteiger partial charge in [0, 0.05) is 32.4 Å². The highest BCUT2D eigenvalue weighted by Gasteiger charge is 2.33. The summed E-state index contributed by atoms with van der Waals surface area (Å²) in [6.45, 7) is 6.96. The lowest BCUT2D eigenvalue weighted by atomic mass is 10.0. The zero-order valence-electron chi connectivity index (χ0n) is 11.8. The molecule has 0 saturated carbocycles. The highest BCUT2D eigenvalue weighted by Crippen LogP contribution is 2.27. The van der Waals surface area contributed by atoms with E-state index < -0.39 is 0 Å². The molecule has 0 radical (unpaired) electrons. The molecule has 1 saturated heterocycles. The van der Waals surface area contributed by atoms with Crippen molar-refractivity contribution >= 4 is 0 Å². The normalized spacial score (nSPS) is 25.8. The second-order valence-electron chi connectivity index (χ2n) is 5.33. The molecule has 1 aliphatic rings. The van der Waals surface area contributed by atoms with Crippen molar-refractivity contribution in [3.63, 3.8) is 0 Å². The fourth-order valence-corrected chi connectivity index (χ4v) is 2.45. The zero-order valence-corrected chi connectivity index (χ0v) is 11.8. The van der Waals surface area contributed by atoms with E-state index >= 15 is 0 Å². The van der Waals surface area contributed by atoms with Crippen LogP contribution >= 0.6 is 0 Å². The molecule has 0 bridgehead atoms. The first-order valence-electron chi connectivity index (χ1n) is 6.61. The molecule has 0 amide bonds. The third-order valence-corrected chi connectivity index (χ3v) is 3.49. The second-order valence-corrected chi connectivity index (χ2v) is 5.33. The van der Waals surface area contributed by atoms with E-state index in [1.807, 2.05) is 19.6 Å². The minimum absolute atomic E-state index is 0.182. The predicted octanol–water partition coefficient (Wildman–Crippen LogP) is 0.790. The molecule has 1 aromatic rings. The zero-order chi connectivity index (χ0) is 13.1. The third-order valence-electron chi connectivity index (χ3n) is 3.49. The molecule has 1 fully saturated rings. The lowest BCUT2D eigenvalue weighted by Crippen LogP contribution is -2.48. The Kier molecular flexibility index (Phi) is 4.37. The van der Waals surface area contributed by atoms with Gasteiger partial charge in [0.2, 0.25) is 0 Å². The molecule has 5 heteroatoms. The van der Waals surface area contributed by atoms with Crippen LogP contribution in [0.15, 0.2) is 12.5 Å². The van der Waals surface area contributed by atoms with Gasteiger partial charge in [0.1, 0.15) is 0 Å². The van der Waals surface area contributed by atoms with E-state index in [4.69, 9.17) is 4.74 Å². The van der Waals surface area contributed by atoms with E-state index in [1.54, 1.807) is 0 Å². The van der Waals surface area contributed by atoms with Gasteiger partial charge in [-0.25, -0.2) is 4.98 Å². The van der Waals surface area contributed by atoms with Gasteiger partial charge in [-0.3, -0.25) is 4.90 Å². The van der Waals surface area contributed by atoms with Crippen molar-refractivity contribution in [2.24, 2.45) is 7.05 Å². The summed E-state index contributed by atoms with van der Waals surface area (Å²) >= 11 is 0. The number of rotatable bonds is 4. The Hall–Kier alpha value is -0.910. The van der Waals surface area contributed by atoms with Gasteiger partial charge in [0.25, 0.3) is 0 Å². The summed E-state index contributed by atoms with van der Waals surface area (Å²) in [7, 11) is 4.19. The smallest absolute Gasteiger partial charge is 0.0946 e. The number of aryl methyl sites for hydroxylation is 1. The van der Waals surface area contributed by atoms with E-state index in [0.717, 1.165) is 19.7 Å². The van der Waals surface area contributed by atoms with Crippen molar-refractivity contribution in [2.75, 3.05) is 26.7 Å². The van der Waals surface area contributed by atoms with E-state index in [1.165, 1.54) is 5.69 Å². The lowest BCUT2D eigenvalue weighted by molar-refractivity contribution is -0.0641. The molecule has 1 aromatic heterocycles. The molecule has 1 aliphatic heterocycles. The highest BCUT2D eigenvalue weighted by molar-refractivity contribution is 5.09. The van der Waals surface area contributed by atoms with Gasteiger partial charge in [0.05, 0.1) is 30.8 Å². The molecule has 0 spiro atoms. The molecule has 2 unspecified atom stereocenters. The van der Waals surface area contributed by atoms with Crippen LogP contribution in [0.5, 0.6) is 0 Å². The Morgan fingerprint density at radius 1 is 1.50 bits per heavy atom. The van der Waals surface area contributed by atoms with Crippen molar-refractivity contribution in [1.29, 1.82) is 0 Å². The summed E-state index contributed by atoms with van der Waals surface area (Å²) in [5.41, 5.74) is 1.22. The average molecular weight is 252 g/mol. The first-order chi connectivity index (χ1) is 8.59. The number of nitrogens with one attached hydrogen (secondary N) is 1. The monoisotopic (exact) mass is 252 g/mol. The van der Waals surface area contributed by atoms with Gasteiger partial charge < -0.3 is 14.6 Å². The van der Waals surface area contributed by atoms with Crippen molar-refractivity contribution in [2.45, 2.75) is 32.0 Å². The Morgan fingerprint density at radius 2 is 2.28 bits per heavy atom. The Morgan fingerprint density at radius 3 is 2.89 bits per heavy atom. The Labute approximate surface area is 109 Å². The average Bonchev–Trinajstić information content (AvgIpc) is 2.72. The van der Waals surface area contributed by atoms with Crippen LogP contribution < -0.4 is 5.32 Å². The standard InChI is InChI=1S/C13H24N4O/c1-10(2)15-8-12-13(16(3)5-6-18-12)11-7-14-9-17(11)4/h7,9-10,12-13,15H,5-6,8H2,1-4H3. The van der Waals surface area contributed by atoms with Gasteiger partial charge in [0.15, 0.2) is 0 Å². The van der Waals surface area contributed by atoms with E-state index in [0.29, 0.717) is 6.04 Å². The fourth-order valence-electron chi connectivity index (χ4n) is 2.45. The predicted molar refractivity (Wildman–Crippen MR) is 71.5 cm³/mol. The van der Waals surface area contributed by atoms with Crippen molar-refractivity contribution in [3.8, 4) is 0 Å². The highest BCUT2D eigenvalue weighted by atomic mass is 16.5. The third kappa shape index (κ3) is 2.91. The number of likely N-dealkylation sites (N-methyl/N-ethyl adjacent to an activating group) is 1. The number of aromatic nitrogens is 2. The molecular weight excluding hydrogens is 228 g/mol.